The summed E-state index contributed by atoms with van der Waals surface area (Å²) in [7, 11) is -0.529. The van der Waals surface area contributed by atoms with Crippen molar-refractivity contribution < 1.29 is 14.1 Å². The molecule has 1 rings (SSSR count). The quantitative estimate of drug-likeness (QED) is 0.279. The summed E-state index contributed by atoms with van der Waals surface area (Å²) in [5, 5.41) is 0. The van der Waals surface area contributed by atoms with E-state index < -0.39 is 18.3 Å². The number of aliphatic imine (C=N–C) groups is 1. The Kier molecular flexibility index (Phi) is 17.0. The van der Waals surface area contributed by atoms with Crippen LogP contribution in [-0.2, 0) is 14.1 Å². The van der Waals surface area contributed by atoms with Gasteiger partial charge in [0.25, 0.3) is 0 Å². The van der Waals surface area contributed by atoms with Crippen molar-refractivity contribution in [3.63, 3.8) is 0 Å². The predicted octanol–water partition coefficient (Wildman–Crippen LogP) is 6.86. The zero-order valence-electron chi connectivity index (χ0n) is 20.0. The third-order valence-electron chi connectivity index (χ3n) is 4.87. The van der Waals surface area contributed by atoms with Gasteiger partial charge in [0.05, 0.1) is 16.8 Å². The predicted molar refractivity (Wildman–Crippen MR) is 126 cm³/mol. The Balaban J connectivity index is -0.000000791. The van der Waals surface area contributed by atoms with Crippen LogP contribution in [-0.4, -0.2) is 35.8 Å². The maximum Gasteiger partial charge on any atom is 0.514 e. The van der Waals surface area contributed by atoms with E-state index in [2.05, 4.69) is 25.8 Å². The highest BCUT2D eigenvalue weighted by Gasteiger charge is 2.52. The highest BCUT2D eigenvalue weighted by Crippen LogP contribution is 2.37. The first kappa shape index (κ1) is 31.8. The molecule has 0 radical (unpaired) electrons. The average molecular weight is 397 g/mol. The maximum absolute atomic E-state index is 11.5. The van der Waals surface area contributed by atoms with Crippen molar-refractivity contribution in [2.75, 3.05) is 0 Å². The first-order valence-electron chi connectivity index (χ1n) is 10.5. The van der Waals surface area contributed by atoms with E-state index in [4.69, 9.17) is 9.31 Å². The number of Topliss-reactive ketones (excluding diaryl/α,β-unsaturated/α-hetero) is 1. The molecule has 4 nitrogen and oxygen atoms in total. The van der Waals surface area contributed by atoms with Gasteiger partial charge in [0.15, 0.2) is 5.78 Å². The van der Waals surface area contributed by atoms with Crippen molar-refractivity contribution in [3.8, 4) is 0 Å². The second-order valence-electron chi connectivity index (χ2n) is 7.78. The molecule has 0 amide bonds. The van der Waals surface area contributed by atoms with Gasteiger partial charge in [0.2, 0.25) is 0 Å². The fourth-order valence-corrected chi connectivity index (χ4v) is 1.80. The van der Waals surface area contributed by atoms with Gasteiger partial charge in [0.1, 0.15) is 0 Å². The fraction of sp³-hybridized carbons (Fsp3) is 0.826. The standard InChI is InChI=1S/C16H28BNO3.C4H10.C2H6.CH4/c1-9-12(3)18-14(10-11(2)13(4)19)17-20-15(5,6)16(7,8)21-17;1-3-4-2;1-2;/h10,12H,9H2,1-8H3;3-4H2,1-2H3;1-2H3;1H4/b11-10+,18-14?;;;. The van der Waals surface area contributed by atoms with Gasteiger partial charge in [0, 0.05) is 6.04 Å². The third kappa shape index (κ3) is 10.6. The summed E-state index contributed by atoms with van der Waals surface area (Å²) >= 11 is 0. The van der Waals surface area contributed by atoms with Crippen molar-refractivity contribution >= 4 is 18.5 Å². The zero-order valence-corrected chi connectivity index (χ0v) is 20.0. The molecule has 0 spiro atoms. The molecule has 28 heavy (non-hydrogen) atoms. The van der Waals surface area contributed by atoms with Crippen molar-refractivity contribution in [1.82, 2.24) is 0 Å². The van der Waals surface area contributed by atoms with Crippen LogP contribution >= 0.6 is 0 Å². The largest absolute Gasteiger partial charge is 0.514 e. The van der Waals surface area contributed by atoms with Gasteiger partial charge in [-0.25, -0.2) is 0 Å². The summed E-state index contributed by atoms with van der Waals surface area (Å²) in [6.07, 6.45) is 5.35. The second-order valence-corrected chi connectivity index (χ2v) is 7.78. The highest BCUT2D eigenvalue weighted by molar-refractivity contribution is 6.84. The number of carbonyl (C=O) groups is 1. The molecule has 0 aromatic heterocycles. The molecule has 1 atom stereocenters. The summed E-state index contributed by atoms with van der Waals surface area (Å²) in [5.74, 6) is 0.0309. The Morgan fingerprint density at radius 1 is 1.00 bits per heavy atom. The lowest BCUT2D eigenvalue weighted by molar-refractivity contribution is -0.113. The van der Waals surface area contributed by atoms with Crippen LogP contribution in [0.2, 0.25) is 0 Å². The lowest BCUT2D eigenvalue weighted by Crippen LogP contribution is -2.41. The topological polar surface area (TPSA) is 47.9 Å². The summed E-state index contributed by atoms with van der Waals surface area (Å²) in [6.45, 7) is 23.9. The minimum absolute atomic E-state index is 0. The van der Waals surface area contributed by atoms with Crippen LogP contribution in [0.15, 0.2) is 16.6 Å². The van der Waals surface area contributed by atoms with Gasteiger partial charge in [-0.05, 0) is 66.5 Å². The Bertz CT molecular complexity index is 478. The molecule has 0 aromatic rings. The molecule has 5 heteroatoms. The van der Waals surface area contributed by atoms with E-state index in [-0.39, 0.29) is 19.3 Å². The minimum atomic E-state index is -0.529. The zero-order chi connectivity index (χ0) is 21.8. The van der Waals surface area contributed by atoms with E-state index in [0.29, 0.717) is 11.2 Å². The monoisotopic (exact) mass is 397 g/mol. The number of rotatable bonds is 6. The molecule has 0 bridgehead atoms. The van der Waals surface area contributed by atoms with Crippen LogP contribution in [0.4, 0.5) is 0 Å². The summed E-state index contributed by atoms with van der Waals surface area (Å²) in [4.78, 5) is 16.2. The first-order valence-corrected chi connectivity index (χ1v) is 10.5. The van der Waals surface area contributed by atoms with E-state index in [0.717, 1.165) is 6.42 Å². The second kappa shape index (κ2) is 15.0. The van der Waals surface area contributed by atoms with Gasteiger partial charge < -0.3 is 9.31 Å². The molecule has 0 N–H and O–H groups in total. The van der Waals surface area contributed by atoms with Crippen LogP contribution in [0.1, 0.15) is 110 Å². The number of hydrogen-bond acceptors (Lipinski definition) is 4. The molecule has 0 aromatic carbocycles. The van der Waals surface area contributed by atoms with Gasteiger partial charge >= 0.3 is 7.12 Å². The molecule has 1 heterocycles. The molecular weight excluding hydrogens is 349 g/mol. The van der Waals surface area contributed by atoms with Gasteiger partial charge in [-0.3, -0.25) is 9.79 Å². The Labute approximate surface area is 176 Å². The smallest absolute Gasteiger partial charge is 0.398 e. The SMILES string of the molecule is C.CC.CCC(C)N=C(/C=C(\C)C(C)=O)B1OC(C)(C)C(C)(C)O1.CCCC. The van der Waals surface area contributed by atoms with Gasteiger partial charge in [-0.2, -0.15) is 0 Å². The van der Waals surface area contributed by atoms with Gasteiger partial charge in [-0.1, -0.05) is 54.9 Å². The molecule has 1 saturated heterocycles. The van der Waals surface area contributed by atoms with Crippen LogP contribution in [0.25, 0.3) is 0 Å². The Morgan fingerprint density at radius 3 is 1.68 bits per heavy atom. The number of unbranched alkanes of at least 4 members (excludes halogenated alkanes) is 1. The fourth-order valence-electron chi connectivity index (χ4n) is 1.80. The molecule has 1 unspecified atom stereocenters. The third-order valence-corrected chi connectivity index (χ3v) is 4.87. The Hall–Kier alpha value is -0.935. The molecule has 0 saturated carbocycles. The Morgan fingerprint density at radius 2 is 1.39 bits per heavy atom. The minimum Gasteiger partial charge on any atom is -0.398 e. The lowest BCUT2D eigenvalue weighted by Gasteiger charge is -2.32. The lowest BCUT2D eigenvalue weighted by atomic mass is 9.80. The molecule has 1 fully saturated rings. The van der Waals surface area contributed by atoms with Crippen LogP contribution < -0.4 is 0 Å². The highest BCUT2D eigenvalue weighted by atomic mass is 16.7. The van der Waals surface area contributed by atoms with Crippen LogP contribution in [0.3, 0.4) is 0 Å². The van der Waals surface area contributed by atoms with E-state index in [1.807, 2.05) is 48.5 Å². The number of allylic oxidation sites excluding steroid dienone is 2. The number of hydrogen-bond donors (Lipinski definition) is 0. The van der Waals surface area contributed by atoms with Crippen molar-refractivity contribution in [2.24, 2.45) is 4.99 Å². The first-order chi connectivity index (χ1) is 12.4. The van der Waals surface area contributed by atoms with E-state index in [9.17, 15) is 4.79 Å². The molecular formula is C23H48BNO3. The van der Waals surface area contributed by atoms with Crippen LogP contribution in [0, 0.1) is 0 Å². The van der Waals surface area contributed by atoms with Crippen LogP contribution in [0.5, 0.6) is 0 Å². The number of nitrogens with zero attached hydrogens (tertiary/aromatic N) is 1. The summed E-state index contributed by atoms with van der Waals surface area (Å²) in [6, 6.07) is 0.162. The van der Waals surface area contributed by atoms with E-state index in [1.54, 1.807) is 19.9 Å². The molecule has 1 aliphatic heterocycles. The molecule has 166 valence electrons. The molecule has 0 aliphatic carbocycles. The van der Waals surface area contributed by atoms with Crippen molar-refractivity contribution in [1.29, 1.82) is 0 Å². The van der Waals surface area contributed by atoms with Gasteiger partial charge in [-0.15, -0.1) is 0 Å². The molecule has 1 aliphatic rings. The van der Waals surface area contributed by atoms with Crippen molar-refractivity contribution in [3.05, 3.63) is 11.6 Å². The summed E-state index contributed by atoms with van der Waals surface area (Å²) < 4.78 is 12.1. The van der Waals surface area contributed by atoms with E-state index in [1.165, 1.54) is 12.8 Å². The van der Waals surface area contributed by atoms with Crippen molar-refractivity contribution in [2.45, 2.75) is 127 Å². The maximum atomic E-state index is 11.5. The average Bonchev–Trinajstić information content (AvgIpc) is 2.83. The number of ketones is 1. The summed E-state index contributed by atoms with van der Waals surface area (Å²) in [5.41, 5.74) is 0.528. The number of carbonyl (C=O) groups excluding carboxylic acids is 1. The normalized spacial score (nSPS) is 18.8. The van der Waals surface area contributed by atoms with E-state index >= 15 is 0 Å².